The first kappa shape index (κ1) is 19.7. The molecule has 0 saturated heterocycles. The zero-order valence-electron chi connectivity index (χ0n) is 15.7. The fourth-order valence-corrected chi connectivity index (χ4v) is 4.16. The molecule has 1 N–H and O–H groups in total. The molecule has 1 aliphatic carbocycles. The Balaban J connectivity index is 1.41. The van der Waals surface area contributed by atoms with Crippen LogP contribution in [0.2, 0.25) is 5.02 Å². The first-order chi connectivity index (χ1) is 14.2. The average Bonchev–Trinajstić information content (AvgIpc) is 3.44. The second kappa shape index (κ2) is 8.80. The van der Waals surface area contributed by atoms with Crippen molar-refractivity contribution in [2.24, 2.45) is 0 Å². The van der Waals surface area contributed by atoms with Gasteiger partial charge in [-0.15, -0.1) is 16.8 Å². The second-order valence-corrected chi connectivity index (χ2v) is 8.18. The second-order valence-electron chi connectivity index (χ2n) is 6.80. The molecule has 0 bridgehead atoms. The van der Waals surface area contributed by atoms with Crippen molar-refractivity contribution in [3.8, 4) is 0 Å². The molecule has 4 rings (SSSR count). The summed E-state index contributed by atoms with van der Waals surface area (Å²) >= 11 is 7.17. The van der Waals surface area contributed by atoms with Crippen LogP contribution in [0, 0.1) is 0 Å². The Kier molecular flexibility index (Phi) is 5.97. The number of pyridine rings is 1. The minimum atomic E-state index is -0.159. The van der Waals surface area contributed by atoms with Crippen molar-refractivity contribution >= 4 is 35.1 Å². The third kappa shape index (κ3) is 4.68. The van der Waals surface area contributed by atoms with Crippen molar-refractivity contribution in [2.75, 3.05) is 11.1 Å². The lowest BCUT2D eigenvalue weighted by Gasteiger charge is -2.08. The van der Waals surface area contributed by atoms with E-state index in [1.54, 1.807) is 12.1 Å². The van der Waals surface area contributed by atoms with Gasteiger partial charge in [0.2, 0.25) is 5.91 Å². The van der Waals surface area contributed by atoms with E-state index in [0.29, 0.717) is 29.2 Å². The molecule has 0 radical (unpaired) electrons. The largest absolute Gasteiger partial charge is 0.310 e. The average molecular weight is 426 g/mol. The minimum Gasteiger partial charge on any atom is -0.310 e. The van der Waals surface area contributed by atoms with Gasteiger partial charge in [0.25, 0.3) is 0 Å². The fourth-order valence-electron chi connectivity index (χ4n) is 3.29. The monoisotopic (exact) mass is 425 g/mol. The van der Waals surface area contributed by atoms with Crippen molar-refractivity contribution in [2.45, 2.75) is 30.0 Å². The van der Waals surface area contributed by atoms with Crippen LogP contribution in [0.5, 0.6) is 0 Å². The molecule has 2 unspecified atom stereocenters. The molecule has 2 heterocycles. The summed E-state index contributed by atoms with van der Waals surface area (Å²) in [5.74, 6) is 2.31. The molecule has 1 fully saturated rings. The number of carbonyl (C=O) groups excluding carboxylic acids is 1. The normalized spacial score (nSPS) is 17.7. The summed E-state index contributed by atoms with van der Waals surface area (Å²) < 4.78 is 2.05. The van der Waals surface area contributed by atoms with Gasteiger partial charge < -0.3 is 9.88 Å². The topological polar surface area (TPSA) is 72.7 Å². The van der Waals surface area contributed by atoms with Crippen LogP contribution in [-0.4, -0.2) is 31.4 Å². The molecular formula is C21H20ClN5OS. The summed E-state index contributed by atoms with van der Waals surface area (Å²) in [4.78, 5) is 16.3. The van der Waals surface area contributed by atoms with Crippen molar-refractivity contribution in [1.29, 1.82) is 0 Å². The Morgan fingerprint density at radius 2 is 2.07 bits per heavy atom. The summed E-state index contributed by atoms with van der Waals surface area (Å²) in [5.41, 5.74) is 1.33. The highest BCUT2D eigenvalue weighted by Crippen LogP contribution is 2.54. The van der Waals surface area contributed by atoms with Crippen molar-refractivity contribution < 1.29 is 4.79 Å². The smallest absolute Gasteiger partial charge is 0.236 e. The van der Waals surface area contributed by atoms with Gasteiger partial charge in [0, 0.05) is 18.7 Å². The predicted octanol–water partition coefficient (Wildman–Crippen LogP) is 4.51. The van der Waals surface area contributed by atoms with Crippen LogP contribution >= 0.6 is 23.4 Å². The van der Waals surface area contributed by atoms with Crippen LogP contribution in [0.25, 0.3) is 0 Å². The number of thioether (sulfide) groups is 1. The highest BCUT2D eigenvalue weighted by molar-refractivity contribution is 7.99. The predicted molar refractivity (Wildman–Crippen MR) is 115 cm³/mol. The van der Waals surface area contributed by atoms with Crippen LogP contribution in [0.1, 0.15) is 29.6 Å². The van der Waals surface area contributed by atoms with Crippen LogP contribution in [0.3, 0.4) is 0 Å². The molecule has 6 nitrogen and oxygen atoms in total. The number of hydrogen-bond acceptors (Lipinski definition) is 5. The first-order valence-corrected chi connectivity index (χ1v) is 10.6. The Morgan fingerprint density at radius 3 is 2.79 bits per heavy atom. The molecule has 0 spiro atoms. The molecule has 1 aliphatic rings. The Labute approximate surface area is 178 Å². The van der Waals surface area contributed by atoms with Crippen LogP contribution < -0.4 is 5.32 Å². The third-order valence-electron chi connectivity index (χ3n) is 4.73. The number of nitrogens with one attached hydrogen (secondary N) is 1. The van der Waals surface area contributed by atoms with Gasteiger partial charge in [-0.3, -0.25) is 4.79 Å². The van der Waals surface area contributed by atoms with Gasteiger partial charge in [-0.1, -0.05) is 59.8 Å². The maximum atomic E-state index is 12.2. The molecule has 29 heavy (non-hydrogen) atoms. The summed E-state index contributed by atoms with van der Waals surface area (Å²) in [6, 6.07) is 13.8. The van der Waals surface area contributed by atoms with E-state index in [9.17, 15) is 4.79 Å². The summed E-state index contributed by atoms with van der Waals surface area (Å²) in [6.07, 6.45) is 4.39. The lowest BCUT2D eigenvalue weighted by Crippen LogP contribution is -2.15. The molecule has 0 aliphatic heterocycles. The van der Waals surface area contributed by atoms with E-state index in [0.717, 1.165) is 17.4 Å². The number of hydrogen-bond donors (Lipinski definition) is 1. The molecule has 1 amide bonds. The number of carbonyl (C=O) groups is 1. The highest BCUT2D eigenvalue weighted by atomic mass is 35.5. The zero-order chi connectivity index (χ0) is 20.2. The molecule has 1 saturated carbocycles. The van der Waals surface area contributed by atoms with Gasteiger partial charge >= 0.3 is 0 Å². The Bertz CT molecular complexity index is 1010. The number of allylic oxidation sites excluding steroid dienone is 1. The van der Waals surface area contributed by atoms with E-state index in [-0.39, 0.29) is 11.7 Å². The van der Waals surface area contributed by atoms with Gasteiger partial charge in [-0.25, -0.2) is 4.98 Å². The minimum absolute atomic E-state index is 0.159. The lowest BCUT2D eigenvalue weighted by molar-refractivity contribution is -0.113. The quantitative estimate of drug-likeness (QED) is 0.424. The number of nitrogens with zero attached hydrogens (tertiary/aromatic N) is 4. The number of aromatic nitrogens is 4. The Morgan fingerprint density at radius 1 is 1.24 bits per heavy atom. The van der Waals surface area contributed by atoms with E-state index >= 15 is 0 Å². The van der Waals surface area contributed by atoms with Gasteiger partial charge in [0.05, 0.1) is 10.8 Å². The third-order valence-corrected chi connectivity index (χ3v) is 5.92. The fraction of sp³-hybridized carbons (Fsp3) is 0.238. The standard InChI is InChI=1S/C21H20ClN5OS/c1-2-10-27-20(17-11-16(17)14-6-4-3-5-7-14)25-26-21(27)29-13-19(28)24-18-9-8-15(22)12-23-18/h2-9,12,16-17H,1,10-11,13H2,(H,23,24,28). The maximum Gasteiger partial charge on any atom is 0.236 e. The van der Waals surface area contributed by atoms with Gasteiger partial charge in [0.15, 0.2) is 5.16 Å². The molecular weight excluding hydrogens is 406 g/mol. The van der Waals surface area contributed by atoms with Crippen molar-refractivity contribution in [1.82, 2.24) is 19.7 Å². The molecule has 1 aromatic carbocycles. The van der Waals surface area contributed by atoms with E-state index in [1.165, 1.54) is 23.5 Å². The van der Waals surface area contributed by atoms with Gasteiger partial charge in [-0.2, -0.15) is 0 Å². The highest BCUT2D eigenvalue weighted by Gasteiger charge is 2.43. The number of benzene rings is 1. The summed E-state index contributed by atoms with van der Waals surface area (Å²) in [7, 11) is 0. The van der Waals surface area contributed by atoms with E-state index in [1.807, 2.05) is 12.1 Å². The van der Waals surface area contributed by atoms with E-state index in [4.69, 9.17) is 11.6 Å². The van der Waals surface area contributed by atoms with Gasteiger partial charge in [0.1, 0.15) is 11.6 Å². The number of halogens is 1. The summed E-state index contributed by atoms with van der Waals surface area (Å²) in [6.45, 7) is 4.46. The molecule has 2 aromatic heterocycles. The Hall–Kier alpha value is -2.64. The van der Waals surface area contributed by atoms with Gasteiger partial charge in [-0.05, 0) is 30.0 Å². The van der Waals surface area contributed by atoms with Crippen molar-refractivity contribution in [3.63, 3.8) is 0 Å². The van der Waals surface area contributed by atoms with Crippen LogP contribution in [0.4, 0.5) is 5.82 Å². The van der Waals surface area contributed by atoms with E-state index in [2.05, 4.69) is 55.9 Å². The first-order valence-electron chi connectivity index (χ1n) is 9.29. The van der Waals surface area contributed by atoms with Crippen LogP contribution in [0.15, 0.2) is 66.5 Å². The molecule has 8 heteroatoms. The lowest BCUT2D eigenvalue weighted by atomic mass is 10.1. The molecule has 2 atom stereocenters. The van der Waals surface area contributed by atoms with E-state index < -0.39 is 0 Å². The number of amides is 1. The van der Waals surface area contributed by atoms with Crippen LogP contribution in [-0.2, 0) is 11.3 Å². The number of anilines is 1. The SMILES string of the molecule is C=CCn1c(SCC(=O)Nc2ccc(Cl)cn2)nnc1C1CC1c1ccccc1. The maximum absolute atomic E-state index is 12.2. The molecule has 148 valence electrons. The number of rotatable bonds is 8. The summed E-state index contributed by atoms with van der Waals surface area (Å²) in [5, 5.41) is 12.8. The van der Waals surface area contributed by atoms with Crippen molar-refractivity contribution in [3.05, 3.63) is 77.7 Å². The molecule has 3 aromatic rings. The zero-order valence-corrected chi connectivity index (χ0v) is 17.2.